The fourth-order valence-corrected chi connectivity index (χ4v) is 3.32. The highest BCUT2D eigenvalue weighted by molar-refractivity contribution is 5.79. The van der Waals surface area contributed by atoms with E-state index in [9.17, 15) is 9.59 Å². The Morgan fingerprint density at radius 3 is 2.18 bits per heavy atom. The molecule has 22 heavy (non-hydrogen) atoms. The Morgan fingerprint density at radius 1 is 1.05 bits per heavy atom. The van der Waals surface area contributed by atoms with Gasteiger partial charge in [-0.3, -0.25) is 14.5 Å². The number of piperazine rings is 1. The second-order valence-electron chi connectivity index (χ2n) is 6.19. The highest BCUT2D eigenvalue weighted by atomic mass is 16.2. The van der Waals surface area contributed by atoms with E-state index in [4.69, 9.17) is 0 Å². The molecular weight excluding hydrogens is 280 g/mol. The van der Waals surface area contributed by atoms with Crippen LogP contribution < -0.4 is 5.32 Å². The van der Waals surface area contributed by atoms with E-state index in [1.807, 2.05) is 23.6 Å². The Labute approximate surface area is 133 Å². The van der Waals surface area contributed by atoms with Gasteiger partial charge in [0.25, 0.3) is 0 Å². The number of rotatable bonds is 5. The fraction of sp³-hybridized carbons (Fsp3) is 0.875. The summed E-state index contributed by atoms with van der Waals surface area (Å²) in [5.74, 6) is 0.712. The molecule has 0 radical (unpaired) electrons. The first kappa shape index (κ1) is 17.2. The van der Waals surface area contributed by atoms with E-state index in [2.05, 4.69) is 10.2 Å². The van der Waals surface area contributed by atoms with E-state index in [-0.39, 0.29) is 11.8 Å². The average Bonchev–Trinajstić information content (AvgIpc) is 2.57. The van der Waals surface area contributed by atoms with Crippen LogP contribution in [0.2, 0.25) is 0 Å². The largest absolute Gasteiger partial charge is 0.342 e. The summed E-state index contributed by atoms with van der Waals surface area (Å²) >= 11 is 0. The Balaban J connectivity index is 1.75. The molecule has 0 saturated carbocycles. The van der Waals surface area contributed by atoms with Gasteiger partial charge in [0.2, 0.25) is 11.8 Å². The maximum absolute atomic E-state index is 12.5. The van der Waals surface area contributed by atoms with Gasteiger partial charge in [-0.2, -0.15) is 0 Å². The van der Waals surface area contributed by atoms with Gasteiger partial charge in [0.15, 0.2) is 0 Å². The van der Waals surface area contributed by atoms with Crippen LogP contribution in [0.3, 0.4) is 0 Å². The summed E-state index contributed by atoms with van der Waals surface area (Å²) in [6.07, 6.45) is 1.92. The van der Waals surface area contributed by atoms with Gasteiger partial charge >= 0.3 is 0 Å². The van der Waals surface area contributed by atoms with Crippen molar-refractivity contribution in [2.24, 2.45) is 5.92 Å². The first-order valence-electron chi connectivity index (χ1n) is 8.65. The molecular formula is C16H30N4O2. The molecule has 2 aliphatic rings. The first-order valence-corrected chi connectivity index (χ1v) is 8.65. The topological polar surface area (TPSA) is 55.9 Å². The number of hydrogen-bond acceptors (Lipinski definition) is 4. The van der Waals surface area contributed by atoms with Gasteiger partial charge in [-0.1, -0.05) is 0 Å². The maximum Gasteiger partial charge on any atom is 0.236 e. The normalized spacial score (nSPS) is 20.9. The van der Waals surface area contributed by atoms with Gasteiger partial charge in [-0.25, -0.2) is 0 Å². The predicted octanol–water partition coefficient (Wildman–Crippen LogP) is -0.00140. The Bertz CT molecular complexity index is 370. The molecule has 2 aliphatic heterocycles. The molecule has 6 heteroatoms. The van der Waals surface area contributed by atoms with Gasteiger partial charge in [0, 0.05) is 45.2 Å². The van der Waals surface area contributed by atoms with Gasteiger partial charge in [0.1, 0.15) is 0 Å². The Kier molecular flexibility index (Phi) is 6.64. The number of likely N-dealkylation sites (N-methyl/N-ethyl adjacent to an activating group) is 1. The minimum atomic E-state index is 0.197. The predicted molar refractivity (Wildman–Crippen MR) is 86.5 cm³/mol. The minimum Gasteiger partial charge on any atom is -0.342 e. The lowest BCUT2D eigenvalue weighted by Gasteiger charge is -2.37. The van der Waals surface area contributed by atoms with Crippen molar-refractivity contribution in [2.75, 3.05) is 58.9 Å². The number of carbonyl (C=O) groups is 2. The fourth-order valence-electron chi connectivity index (χ4n) is 3.32. The average molecular weight is 310 g/mol. The van der Waals surface area contributed by atoms with Crippen LogP contribution in [-0.2, 0) is 9.59 Å². The molecule has 6 nitrogen and oxygen atoms in total. The second kappa shape index (κ2) is 8.48. The van der Waals surface area contributed by atoms with Crippen molar-refractivity contribution < 1.29 is 9.59 Å². The quantitative estimate of drug-likeness (QED) is 0.776. The van der Waals surface area contributed by atoms with Gasteiger partial charge in [-0.05, 0) is 39.8 Å². The Hall–Kier alpha value is -1.14. The molecule has 0 bridgehead atoms. The minimum absolute atomic E-state index is 0.197. The molecule has 0 unspecified atom stereocenters. The Morgan fingerprint density at radius 2 is 1.64 bits per heavy atom. The molecule has 2 amide bonds. The van der Waals surface area contributed by atoms with Crippen LogP contribution in [0.25, 0.3) is 0 Å². The highest BCUT2D eigenvalue weighted by Crippen LogP contribution is 2.16. The van der Waals surface area contributed by atoms with E-state index >= 15 is 0 Å². The van der Waals surface area contributed by atoms with Gasteiger partial charge in [-0.15, -0.1) is 0 Å². The molecule has 2 fully saturated rings. The third-order valence-electron chi connectivity index (χ3n) is 4.85. The lowest BCUT2D eigenvalue weighted by molar-refractivity contribution is -0.138. The van der Waals surface area contributed by atoms with Crippen molar-refractivity contribution in [2.45, 2.75) is 26.7 Å². The summed E-state index contributed by atoms with van der Waals surface area (Å²) in [5.41, 5.74) is 0. The number of carbonyl (C=O) groups excluding carboxylic acids is 2. The molecule has 1 N–H and O–H groups in total. The number of nitrogens with zero attached hydrogens (tertiary/aromatic N) is 3. The lowest BCUT2D eigenvalue weighted by Crippen LogP contribution is -2.53. The third-order valence-corrected chi connectivity index (χ3v) is 4.85. The van der Waals surface area contributed by atoms with Crippen molar-refractivity contribution in [3.8, 4) is 0 Å². The summed E-state index contributed by atoms with van der Waals surface area (Å²) < 4.78 is 0. The summed E-state index contributed by atoms with van der Waals surface area (Å²) in [6, 6.07) is 0. The lowest BCUT2D eigenvalue weighted by atomic mass is 9.96. The van der Waals surface area contributed by atoms with Crippen LogP contribution in [0.4, 0.5) is 0 Å². The van der Waals surface area contributed by atoms with E-state index in [0.717, 1.165) is 65.2 Å². The molecule has 0 aromatic heterocycles. The zero-order valence-electron chi connectivity index (χ0n) is 14.0. The molecule has 2 heterocycles. The number of amides is 2. The second-order valence-corrected chi connectivity index (χ2v) is 6.19. The van der Waals surface area contributed by atoms with E-state index in [0.29, 0.717) is 12.5 Å². The van der Waals surface area contributed by atoms with Crippen LogP contribution in [0, 0.1) is 5.92 Å². The van der Waals surface area contributed by atoms with Gasteiger partial charge < -0.3 is 15.1 Å². The van der Waals surface area contributed by atoms with Crippen molar-refractivity contribution in [3.63, 3.8) is 0 Å². The highest BCUT2D eigenvalue weighted by Gasteiger charge is 2.29. The number of nitrogens with one attached hydrogen (secondary N) is 1. The monoisotopic (exact) mass is 310 g/mol. The molecule has 126 valence electrons. The molecule has 0 atom stereocenters. The van der Waals surface area contributed by atoms with Crippen molar-refractivity contribution in [1.82, 2.24) is 20.0 Å². The van der Waals surface area contributed by atoms with Crippen molar-refractivity contribution in [3.05, 3.63) is 0 Å². The SMILES string of the molecule is CCN(CC)C(=O)CN1CCN(C(=O)C2CCNCC2)CC1. The van der Waals surface area contributed by atoms with E-state index in [1.54, 1.807) is 0 Å². The van der Waals surface area contributed by atoms with Crippen LogP contribution in [0.15, 0.2) is 0 Å². The van der Waals surface area contributed by atoms with Crippen LogP contribution in [0.1, 0.15) is 26.7 Å². The molecule has 0 aliphatic carbocycles. The summed E-state index contributed by atoms with van der Waals surface area (Å²) in [7, 11) is 0. The molecule has 0 spiro atoms. The van der Waals surface area contributed by atoms with E-state index < -0.39 is 0 Å². The zero-order valence-corrected chi connectivity index (χ0v) is 14.0. The first-order chi connectivity index (χ1) is 10.7. The number of piperidine rings is 1. The molecule has 2 saturated heterocycles. The van der Waals surface area contributed by atoms with Crippen LogP contribution in [0.5, 0.6) is 0 Å². The standard InChI is InChI=1S/C16H30N4O2/c1-3-19(4-2)15(21)13-18-9-11-20(12-10-18)16(22)14-5-7-17-8-6-14/h14,17H,3-13H2,1-2H3. The number of hydrogen-bond donors (Lipinski definition) is 1. The summed E-state index contributed by atoms with van der Waals surface area (Å²) in [5, 5.41) is 3.30. The smallest absolute Gasteiger partial charge is 0.236 e. The van der Waals surface area contributed by atoms with Crippen molar-refractivity contribution in [1.29, 1.82) is 0 Å². The maximum atomic E-state index is 12.5. The summed E-state index contributed by atoms with van der Waals surface area (Å²) in [6.45, 7) is 11.1. The van der Waals surface area contributed by atoms with Crippen LogP contribution >= 0.6 is 0 Å². The zero-order chi connectivity index (χ0) is 15.9. The van der Waals surface area contributed by atoms with E-state index in [1.165, 1.54) is 0 Å². The van der Waals surface area contributed by atoms with Gasteiger partial charge in [0.05, 0.1) is 6.54 Å². The molecule has 0 aromatic rings. The third kappa shape index (κ3) is 4.43. The summed E-state index contributed by atoms with van der Waals surface area (Å²) in [4.78, 5) is 30.7. The molecule has 2 rings (SSSR count). The molecule has 0 aromatic carbocycles. The van der Waals surface area contributed by atoms with Crippen molar-refractivity contribution >= 4 is 11.8 Å². The van der Waals surface area contributed by atoms with Crippen LogP contribution in [-0.4, -0.2) is 85.4 Å².